The molecule has 3 heterocycles. The van der Waals surface area contributed by atoms with E-state index in [1.807, 2.05) is 71.8 Å². The molecule has 0 atom stereocenters. The number of pyridine rings is 1. The smallest absolute Gasteiger partial charge is 0.155 e. The van der Waals surface area contributed by atoms with E-state index in [0.717, 1.165) is 28.5 Å². The van der Waals surface area contributed by atoms with Crippen LogP contribution in [0, 0.1) is 0 Å². The number of nitrogens with zero attached hydrogens (tertiary/aromatic N) is 3. The monoisotopic (exact) mass is 392 g/mol. The van der Waals surface area contributed by atoms with Gasteiger partial charge in [0.05, 0.1) is 23.3 Å². The van der Waals surface area contributed by atoms with Crippen molar-refractivity contribution in [3.63, 3.8) is 0 Å². The second-order valence-electron chi connectivity index (χ2n) is 7.18. The molecule has 4 aromatic rings. The Kier molecular flexibility index (Phi) is 4.64. The lowest BCUT2D eigenvalue weighted by molar-refractivity contribution is 0.569. The molecule has 1 N–H and O–H groups in total. The van der Waals surface area contributed by atoms with Crippen molar-refractivity contribution in [3.05, 3.63) is 108 Å². The topological polar surface area (TPSA) is 50.2 Å². The van der Waals surface area contributed by atoms with Gasteiger partial charge < -0.3 is 9.88 Å². The van der Waals surface area contributed by atoms with Gasteiger partial charge in [0.15, 0.2) is 11.6 Å². The molecule has 5 rings (SSSR count). The molecule has 1 aliphatic rings. The Labute approximate surface area is 174 Å². The van der Waals surface area contributed by atoms with Crippen LogP contribution in [0.25, 0.3) is 5.70 Å². The number of hydrogen-bond donors (Lipinski definition) is 1. The van der Waals surface area contributed by atoms with Crippen LogP contribution in [0.1, 0.15) is 16.8 Å². The van der Waals surface area contributed by atoms with E-state index in [1.165, 1.54) is 5.56 Å². The van der Waals surface area contributed by atoms with Crippen LogP contribution in [0.5, 0.6) is 0 Å². The lowest BCUT2D eigenvalue weighted by Crippen LogP contribution is -2.16. The van der Waals surface area contributed by atoms with Crippen LogP contribution >= 0.6 is 0 Å². The molecular formula is C25H20N4O. The molecule has 0 saturated carbocycles. The fraction of sp³-hybridized carbons (Fsp3) is 0.0800. The van der Waals surface area contributed by atoms with Crippen LogP contribution in [-0.4, -0.2) is 15.5 Å². The van der Waals surface area contributed by atoms with E-state index in [9.17, 15) is 4.79 Å². The van der Waals surface area contributed by atoms with E-state index in [2.05, 4.69) is 39.0 Å². The van der Waals surface area contributed by atoms with Crippen LogP contribution < -0.4 is 10.2 Å². The largest absolute Gasteiger partial charge is 0.366 e. The second kappa shape index (κ2) is 7.74. The zero-order valence-corrected chi connectivity index (χ0v) is 16.3. The summed E-state index contributed by atoms with van der Waals surface area (Å²) in [6.45, 7) is 1.40. The Balaban J connectivity index is 1.50. The molecule has 0 amide bonds. The highest BCUT2D eigenvalue weighted by Gasteiger charge is 2.26. The maximum Gasteiger partial charge on any atom is 0.155 e. The number of benzene rings is 2. The number of anilines is 3. The molecule has 0 aliphatic carbocycles. The highest BCUT2D eigenvalue weighted by molar-refractivity contribution is 6.00. The van der Waals surface area contributed by atoms with E-state index in [-0.39, 0.29) is 0 Å². The van der Waals surface area contributed by atoms with Gasteiger partial charge in [-0.15, -0.1) is 0 Å². The van der Waals surface area contributed by atoms with Crippen molar-refractivity contribution in [2.75, 3.05) is 10.2 Å². The van der Waals surface area contributed by atoms with Crippen molar-refractivity contribution in [1.82, 2.24) is 9.55 Å². The van der Waals surface area contributed by atoms with Crippen molar-refractivity contribution in [3.8, 4) is 0 Å². The fourth-order valence-electron chi connectivity index (χ4n) is 3.83. The molecule has 0 radical (unpaired) electrons. The molecule has 2 aromatic carbocycles. The molecule has 0 spiro atoms. The first-order valence-electron chi connectivity index (χ1n) is 9.86. The normalized spacial score (nSPS) is 12.5. The average Bonchev–Trinajstić information content (AvgIpc) is 3.20. The summed E-state index contributed by atoms with van der Waals surface area (Å²) in [5.74, 6) is 2.95. The third kappa shape index (κ3) is 3.28. The molecule has 0 fully saturated rings. The highest BCUT2D eigenvalue weighted by Crippen LogP contribution is 2.38. The van der Waals surface area contributed by atoms with Gasteiger partial charge in [-0.2, -0.15) is 0 Å². The van der Waals surface area contributed by atoms with Crippen LogP contribution in [0.15, 0.2) is 91.3 Å². The van der Waals surface area contributed by atoms with Gasteiger partial charge in [0.1, 0.15) is 5.82 Å². The van der Waals surface area contributed by atoms with E-state index in [0.29, 0.717) is 18.8 Å². The van der Waals surface area contributed by atoms with Gasteiger partial charge in [0.25, 0.3) is 0 Å². The number of nitrogens with one attached hydrogen (secondary N) is 1. The predicted octanol–water partition coefficient (Wildman–Crippen LogP) is 4.87. The van der Waals surface area contributed by atoms with Gasteiger partial charge in [0.2, 0.25) is 0 Å². The van der Waals surface area contributed by atoms with Crippen molar-refractivity contribution in [2.45, 2.75) is 13.1 Å². The van der Waals surface area contributed by atoms with Crippen molar-refractivity contribution >= 4 is 28.8 Å². The Morgan fingerprint density at radius 2 is 1.77 bits per heavy atom. The van der Waals surface area contributed by atoms with Gasteiger partial charge in [-0.25, -0.2) is 9.78 Å². The standard InChI is InChI=1S/C25H20N4O/c30-18-24-23-11-6-14-28(23)17-20-9-4-5-10-22(20)29(24)21-12-13-25(27-16-21)26-15-19-7-2-1-3-8-19/h1-14,16H,15,17H2,(H,26,27). The van der Waals surface area contributed by atoms with Crippen LogP contribution in [0.2, 0.25) is 0 Å². The number of rotatable bonds is 4. The Hall–Kier alpha value is -4.08. The minimum absolute atomic E-state index is 0.483. The summed E-state index contributed by atoms with van der Waals surface area (Å²) in [5, 5.41) is 3.34. The van der Waals surface area contributed by atoms with E-state index in [1.54, 1.807) is 6.20 Å². The highest BCUT2D eigenvalue weighted by atomic mass is 16.1. The van der Waals surface area contributed by atoms with Gasteiger partial charge in [-0.05, 0) is 41.5 Å². The fourth-order valence-corrected chi connectivity index (χ4v) is 3.83. The van der Waals surface area contributed by atoms with Crippen molar-refractivity contribution < 1.29 is 4.79 Å². The minimum atomic E-state index is 0.483. The second-order valence-corrected chi connectivity index (χ2v) is 7.18. The summed E-state index contributed by atoms with van der Waals surface area (Å²) < 4.78 is 2.07. The number of fused-ring (bicyclic) bond motifs is 2. The zero-order chi connectivity index (χ0) is 20.3. The average molecular weight is 392 g/mol. The lowest BCUT2D eigenvalue weighted by Gasteiger charge is -2.25. The summed E-state index contributed by atoms with van der Waals surface area (Å²) in [6.07, 6.45) is 3.78. The van der Waals surface area contributed by atoms with Crippen molar-refractivity contribution in [2.24, 2.45) is 0 Å². The molecule has 1 aliphatic heterocycles. The third-order valence-corrected chi connectivity index (χ3v) is 5.29. The van der Waals surface area contributed by atoms with Crippen LogP contribution in [0.3, 0.4) is 0 Å². The van der Waals surface area contributed by atoms with E-state index in [4.69, 9.17) is 0 Å². The molecular weight excluding hydrogens is 372 g/mol. The number of hydrogen-bond acceptors (Lipinski definition) is 4. The first-order chi connectivity index (χ1) is 14.8. The lowest BCUT2D eigenvalue weighted by atomic mass is 10.1. The molecule has 2 aromatic heterocycles. The van der Waals surface area contributed by atoms with Gasteiger partial charge in [-0.3, -0.25) is 4.90 Å². The molecule has 0 saturated heterocycles. The summed E-state index contributed by atoms with van der Waals surface area (Å²) in [6, 6.07) is 26.1. The number of para-hydroxylation sites is 1. The first kappa shape index (κ1) is 18.0. The molecule has 30 heavy (non-hydrogen) atoms. The first-order valence-corrected chi connectivity index (χ1v) is 9.86. The molecule has 5 nitrogen and oxygen atoms in total. The zero-order valence-electron chi connectivity index (χ0n) is 16.3. The SMILES string of the molecule is O=C=C1c2cccn2Cc2ccccc2N1c1ccc(NCc2ccccc2)nc1. The number of aromatic nitrogens is 2. The minimum Gasteiger partial charge on any atom is -0.366 e. The maximum absolute atomic E-state index is 12.0. The quantitative estimate of drug-likeness (QED) is 0.504. The van der Waals surface area contributed by atoms with Gasteiger partial charge in [-0.1, -0.05) is 48.5 Å². The predicted molar refractivity (Wildman–Crippen MR) is 119 cm³/mol. The van der Waals surface area contributed by atoms with Crippen LogP contribution in [-0.2, 0) is 17.9 Å². The molecule has 0 unspecified atom stereocenters. The number of carbonyl (C=O) groups excluding carboxylic acids is 1. The summed E-state index contributed by atoms with van der Waals surface area (Å²) in [7, 11) is 0. The summed E-state index contributed by atoms with van der Waals surface area (Å²) in [4.78, 5) is 18.6. The Morgan fingerprint density at radius 1 is 0.933 bits per heavy atom. The molecule has 0 bridgehead atoms. The van der Waals surface area contributed by atoms with E-state index < -0.39 is 0 Å². The van der Waals surface area contributed by atoms with E-state index >= 15 is 0 Å². The molecule has 5 heteroatoms. The Bertz CT molecular complexity index is 1220. The van der Waals surface area contributed by atoms with Crippen LogP contribution in [0.4, 0.5) is 17.2 Å². The summed E-state index contributed by atoms with van der Waals surface area (Å²) in [5.41, 5.74) is 5.43. The summed E-state index contributed by atoms with van der Waals surface area (Å²) >= 11 is 0. The molecule has 146 valence electrons. The van der Waals surface area contributed by atoms with Crippen molar-refractivity contribution in [1.29, 1.82) is 0 Å². The Morgan fingerprint density at radius 3 is 2.57 bits per heavy atom. The van der Waals surface area contributed by atoms with Gasteiger partial charge >= 0.3 is 0 Å². The van der Waals surface area contributed by atoms with Gasteiger partial charge in [0, 0.05) is 19.3 Å². The maximum atomic E-state index is 12.0. The third-order valence-electron chi connectivity index (χ3n) is 5.29.